The fraction of sp³-hybridized carbons (Fsp3) is 0.429. The van der Waals surface area contributed by atoms with Gasteiger partial charge < -0.3 is 4.74 Å². The van der Waals surface area contributed by atoms with Gasteiger partial charge in [-0.3, -0.25) is 0 Å². The first-order chi connectivity index (χ1) is 7.61. The van der Waals surface area contributed by atoms with Crippen LogP contribution >= 0.6 is 0 Å². The van der Waals surface area contributed by atoms with Gasteiger partial charge in [0.1, 0.15) is 11.6 Å². The van der Waals surface area contributed by atoms with Crippen molar-refractivity contribution in [2.75, 3.05) is 6.61 Å². The molecule has 1 rings (SSSR count). The average molecular weight is 222 g/mol. The van der Waals surface area contributed by atoms with Gasteiger partial charge in [0.15, 0.2) is 0 Å². The van der Waals surface area contributed by atoms with Crippen molar-refractivity contribution in [1.29, 1.82) is 0 Å². The lowest BCUT2D eigenvalue weighted by Gasteiger charge is -2.09. The molecule has 0 bridgehead atoms. The van der Waals surface area contributed by atoms with Crippen molar-refractivity contribution >= 4 is 0 Å². The number of rotatable bonds is 6. The fourth-order valence-corrected chi connectivity index (χ4v) is 1.40. The Hall–Kier alpha value is -1.31. The summed E-state index contributed by atoms with van der Waals surface area (Å²) in [5, 5.41) is 0. The number of ether oxygens (including phenoxy) is 1. The van der Waals surface area contributed by atoms with Crippen LogP contribution in [0.1, 0.15) is 25.8 Å². The molecule has 0 spiro atoms. The van der Waals surface area contributed by atoms with Crippen molar-refractivity contribution in [3.05, 3.63) is 42.2 Å². The smallest absolute Gasteiger partial charge is 0.127 e. The summed E-state index contributed by atoms with van der Waals surface area (Å²) in [5.41, 5.74) is 0.898. The minimum Gasteiger partial charge on any atom is -0.493 e. The van der Waals surface area contributed by atoms with Gasteiger partial charge in [-0.15, -0.1) is 6.58 Å². The van der Waals surface area contributed by atoms with E-state index in [9.17, 15) is 4.39 Å². The van der Waals surface area contributed by atoms with E-state index in [1.807, 2.05) is 6.07 Å². The number of hydrogen-bond donors (Lipinski definition) is 0. The van der Waals surface area contributed by atoms with Crippen LogP contribution in [0.3, 0.4) is 0 Å². The Kier molecular flexibility index (Phi) is 5.03. The van der Waals surface area contributed by atoms with Crippen LogP contribution in [0.5, 0.6) is 5.75 Å². The molecule has 0 aliphatic heterocycles. The maximum atomic E-state index is 13.2. The Morgan fingerprint density at radius 1 is 1.38 bits per heavy atom. The molecule has 1 nitrogen and oxygen atoms in total. The van der Waals surface area contributed by atoms with E-state index in [-0.39, 0.29) is 5.82 Å². The highest BCUT2D eigenvalue weighted by Crippen LogP contribution is 2.17. The van der Waals surface area contributed by atoms with E-state index >= 15 is 0 Å². The van der Waals surface area contributed by atoms with Gasteiger partial charge in [0.2, 0.25) is 0 Å². The van der Waals surface area contributed by atoms with Crippen LogP contribution < -0.4 is 4.74 Å². The minimum atomic E-state index is -0.251. The van der Waals surface area contributed by atoms with E-state index in [4.69, 9.17) is 4.74 Å². The predicted molar refractivity (Wildman–Crippen MR) is 65.3 cm³/mol. The third-order valence-electron chi connectivity index (χ3n) is 2.28. The molecule has 0 unspecified atom stereocenters. The van der Waals surface area contributed by atoms with Gasteiger partial charge in [0, 0.05) is 6.07 Å². The summed E-state index contributed by atoms with van der Waals surface area (Å²) in [7, 11) is 0. The molecule has 0 aliphatic carbocycles. The first-order valence-corrected chi connectivity index (χ1v) is 5.65. The quantitative estimate of drug-likeness (QED) is 0.661. The molecule has 0 amide bonds. The Balaban J connectivity index is 2.61. The largest absolute Gasteiger partial charge is 0.493 e. The number of benzene rings is 1. The molecule has 0 saturated carbocycles. The van der Waals surface area contributed by atoms with Crippen LogP contribution in [0.15, 0.2) is 30.9 Å². The van der Waals surface area contributed by atoms with Gasteiger partial charge in [-0.2, -0.15) is 0 Å². The molecule has 16 heavy (non-hydrogen) atoms. The van der Waals surface area contributed by atoms with Crippen LogP contribution in [0, 0.1) is 11.7 Å². The van der Waals surface area contributed by atoms with Crippen LogP contribution in [0.2, 0.25) is 0 Å². The highest BCUT2D eigenvalue weighted by Gasteiger charge is 2.01. The number of halogens is 1. The predicted octanol–water partition coefficient (Wildman–Crippen LogP) is 3.98. The van der Waals surface area contributed by atoms with E-state index in [1.165, 1.54) is 12.1 Å². The van der Waals surface area contributed by atoms with Gasteiger partial charge >= 0.3 is 0 Å². The maximum Gasteiger partial charge on any atom is 0.127 e. The maximum absolute atomic E-state index is 13.2. The molecule has 0 fully saturated rings. The minimum absolute atomic E-state index is 0.251. The van der Waals surface area contributed by atoms with Crippen molar-refractivity contribution < 1.29 is 9.13 Å². The zero-order chi connectivity index (χ0) is 12.0. The lowest BCUT2D eigenvalue weighted by atomic mass is 10.1. The summed E-state index contributed by atoms with van der Waals surface area (Å²) >= 11 is 0. The molecule has 0 N–H and O–H groups in total. The standard InChI is InChI=1S/C14H19FO/c1-4-5-12-8-13(15)10-14(9-12)16-7-6-11(2)3/h4,8-11H,1,5-7H2,2-3H3. The second kappa shape index (κ2) is 6.31. The molecule has 0 aliphatic rings. The van der Waals surface area contributed by atoms with Crippen molar-refractivity contribution in [2.24, 2.45) is 5.92 Å². The molecule has 0 radical (unpaired) electrons. The molecule has 1 aromatic carbocycles. The van der Waals surface area contributed by atoms with E-state index < -0.39 is 0 Å². The Morgan fingerprint density at radius 2 is 2.12 bits per heavy atom. The Morgan fingerprint density at radius 3 is 2.75 bits per heavy atom. The first kappa shape index (κ1) is 12.8. The fourth-order valence-electron chi connectivity index (χ4n) is 1.40. The van der Waals surface area contributed by atoms with E-state index in [1.54, 1.807) is 6.08 Å². The van der Waals surface area contributed by atoms with Gasteiger partial charge in [-0.05, 0) is 36.5 Å². The van der Waals surface area contributed by atoms with Gasteiger partial charge in [0.25, 0.3) is 0 Å². The Labute approximate surface area is 96.9 Å². The topological polar surface area (TPSA) is 9.23 Å². The Bertz CT molecular complexity index is 345. The van der Waals surface area contributed by atoms with Crippen molar-refractivity contribution in [1.82, 2.24) is 0 Å². The summed E-state index contributed by atoms with van der Waals surface area (Å²) in [4.78, 5) is 0. The molecule has 0 aromatic heterocycles. The average Bonchev–Trinajstić information content (AvgIpc) is 2.16. The van der Waals surface area contributed by atoms with Crippen LogP contribution in [0.25, 0.3) is 0 Å². The lowest BCUT2D eigenvalue weighted by molar-refractivity contribution is 0.288. The summed E-state index contributed by atoms with van der Waals surface area (Å²) in [5.74, 6) is 0.956. The summed E-state index contributed by atoms with van der Waals surface area (Å²) < 4.78 is 18.7. The van der Waals surface area contributed by atoms with Crippen molar-refractivity contribution in [3.63, 3.8) is 0 Å². The van der Waals surface area contributed by atoms with Gasteiger partial charge in [-0.25, -0.2) is 4.39 Å². The van der Waals surface area contributed by atoms with E-state index in [0.29, 0.717) is 24.7 Å². The summed E-state index contributed by atoms with van der Waals surface area (Å²) in [6.45, 7) is 8.54. The zero-order valence-electron chi connectivity index (χ0n) is 10.0. The SMILES string of the molecule is C=CCc1cc(F)cc(OCCC(C)C)c1. The van der Waals surface area contributed by atoms with E-state index in [0.717, 1.165) is 12.0 Å². The normalized spacial score (nSPS) is 10.5. The van der Waals surface area contributed by atoms with Gasteiger partial charge in [-0.1, -0.05) is 19.9 Å². The monoisotopic (exact) mass is 222 g/mol. The second-order valence-corrected chi connectivity index (χ2v) is 4.32. The summed E-state index contributed by atoms with van der Waals surface area (Å²) in [6, 6.07) is 4.80. The molecule has 2 heteroatoms. The zero-order valence-corrected chi connectivity index (χ0v) is 10.0. The van der Waals surface area contributed by atoms with Crippen molar-refractivity contribution in [2.45, 2.75) is 26.7 Å². The number of allylic oxidation sites excluding steroid dienone is 1. The van der Waals surface area contributed by atoms with Gasteiger partial charge in [0.05, 0.1) is 6.61 Å². The molecular weight excluding hydrogens is 203 g/mol. The lowest BCUT2D eigenvalue weighted by Crippen LogP contribution is -2.02. The third-order valence-corrected chi connectivity index (χ3v) is 2.28. The van der Waals surface area contributed by atoms with Crippen LogP contribution in [0.4, 0.5) is 4.39 Å². The summed E-state index contributed by atoms with van der Waals surface area (Å²) in [6.07, 6.45) is 3.40. The molecule has 1 aromatic rings. The van der Waals surface area contributed by atoms with Crippen molar-refractivity contribution in [3.8, 4) is 5.75 Å². The molecule has 0 atom stereocenters. The first-order valence-electron chi connectivity index (χ1n) is 5.65. The van der Waals surface area contributed by atoms with Crippen LogP contribution in [-0.4, -0.2) is 6.61 Å². The molecule has 0 heterocycles. The molecular formula is C14H19FO. The highest BCUT2D eigenvalue weighted by atomic mass is 19.1. The molecule has 88 valence electrons. The second-order valence-electron chi connectivity index (χ2n) is 4.32. The molecule has 0 saturated heterocycles. The van der Waals surface area contributed by atoms with E-state index in [2.05, 4.69) is 20.4 Å². The van der Waals surface area contributed by atoms with Crippen LogP contribution in [-0.2, 0) is 6.42 Å². The third kappa shape index (κ3) is 4.47. The number of hydrogen-bond acceptors (Lipinski definition) is 1. The highest BCUT2D eigenvalue weighted by molar-refractivity contribution is 5.30.